The molecule has 3 heteroatoms. The highest BCUT2D eigenvalue weighted by molar-refractivity contribution is 9.10. The van der Waals surface area contributed by atoms with Crippen LogP contribution < -0.4 is 5.32 Å². The Morgan fingerprint density at radius 2 is 2.13 bits per heavy atom. The number of rotatable bonds is 4. The van der Waals surface area contributed by atoms with Crippen molar-refractivity contribution in [1.29, 1.82) is 0 Å². The lowest BCUT2D eigenvalue weighted by Gasteiger charge is -2.25. The van der Waals surface area contributed by atoms with Gasteiger partial charge in [0.15, 0.2) is 0 Å². The summed E-state index contributed by atoms with van der Waals surface area (Å²) in [6.07, 6.45) is 2.34. The maximum atomic E-state index is 3.50. The SMILES string of the molecule is CNC(Cc1cc(Br)cs1)CC(C)(C)C. The highest BCUT2D eigenvalue weighted by atomic mass is 79.9. The summed E-state index contributed by atoms with van der Waals surface area (Å²) in [4.78, 5) is 1.45. The van der Waals surface area contributed by atoms with Gasteiger partial charge in [0.25, 0.3) is 0 Å². The average molecular weight is 290 g/mol. The Labute approximate surface area is 105 Å². The van der Waals surface area contributed by atoms with Crippen molar-refractivity contribution < 1.29 is 0 Å². The van der Waals surface area contributed by atoms with Crippen molar-refractivity contribution >= 4 is 27.3 Å². The van der Waals surface area contributed by atoms with E-state index in [1.54, 1.807) is 0 Å². The van der Waals surface area contributed by atoms with Gasteiger partial charge >= 0.3 is 0 Å². The molecule has 15 heavy (non-hydrogen) atoms. The molecule has 0 bridgehead atoms. The maximum Gasteiger partial charge on any atom is 0.0285 e. The third kappa shape index (κ3) is 5.14. The molecule has 1 rings (SSSR count). The number of likely N-dealkylation sites (N-methyl/N-ethyl adjacent to an activating group) is 1. The van der Waals surface area contributed by atoms with Gasteiger partial charge in [-0.3, -0.25) is 0 Å². The molecule has 1 atom stereocenters. The summed E-state index contributed by atoms with van der Waals surface area (Å²) in [6, 6.07) is 2.80. The molecule has 0 aromatic carbocycles. The van der Waals surface area contributed by atoms with E-state index in [4.69, 9.17) is 0 Å². The molecule has 1 nitrogen and oxygen atoms in total. The highest BCUT2D eigenvalue weighted by Crippen LogP contribution is 2.25. The van der Waals surface area contributed by atoms with Gasteiger partial charge in [0.05, 0.1) is 0 Å². The minimum Gasteiger partial charge on any atom is -0.317 e. The molecule has 0 spiro atoms. The van der Waals surface area contributed by atoms with Crippen molar-refractivity contribution in [2.45, 2.75) is 39.7 Å². The molecule has 0 amide bonds. The van der Waals surface area contributed by atoms with E-state index in [9.17, 15) is 0 Å². The van der Waals surface area contributed by atoms with Gasteiger partial charge in [-0.2, -0.15) is 0 Å². The molecule has 0 fully saturated rings. The summed E-state index contributed by atoms with van der Waals surface area (Å²) < 4.78 is 1.20. The first-order chi connectivity index (χ1) is 6.90. The minimum absolute atomic E-state index is 0.391. The van der Waals surface area contributed by atoms with E-state index in [2.05, 4.69) is 60.5 Å². The van der Waals surface area contributed by atoms with Gasteiger partial charge in [0.1, 0.15) is 0 Å². The number of nitrogens with one attached hydrogen (secondary N) is 1. The molecule has 0 saturated heterocycles. The maximum absolute atomic E-state index is 3.50. The van der Waals surface area contributed by atoms with Gasteiger partial charge in [-0.15, -0.1) is 11.3 Å². The normalized spacial score (nSPS) is 14.2. The quantitative estimate of drug-likeness (QED) is 0.881. The molecular weight excluding hydrogens is 270 g/mol. The van der Waals surface area contributed by atoms with Crippen LogP contribution in [0.15, 0.2) is 15.9 Å². The first-order valence-corrected chi connectivity index (χ1v) is 6.98. The Morgan fingerprint density at radius 3 is 2.53 bits per heavy atom. The zero-order valence-corrected chi connectivity index (χ0v) is 12.3. The van der Waals surface area contributed by atoms with Crippen LogP contribution >= 0.6 is 27.3 Å². The fraction of sp³-hybridized carbons (Fsp3) is 0.667. The van der Waals surface area contributed by atoms with Crippen molar-refractivity contribution in [2.75, 3.05) is 7.05 Å². The third-order valence-corrected chi connectivity index (χ3v) is 4.06. The number of thiophene rings is 1. The number of halogens is 1. The van der Waals surface area contributed by atoms with Crippen LogP contribution in [-0.4, -0.2) is 13.1 Å². The molecule has 0 radical (unpaired) electrons. The Balaban J connectivity index is 2.54. The first kappa shape index (κ1) is 13.2. The fourth-order valence-corrected chi connectivity index (χ4v) is 3.25. The lowest BCUT2D eigenvalue weighted by molar-refractivity contribution is 0.316. The van der Waals surface area contributed by atoms with Crippen LogP contribution in [0.4, 0.5) is 0 Å². The zero-order chi connectivity index (χ0) is 11.5. The van der Waals surface area contributed by atoms with E-state index in [1.165, 1.54) is 15.8 Å². The predicted molar refractivity (Wildman–Crippen MR) is 72.6 cm³/mol. The summed E-state index contributed by atoms with van der Waals surface area (Å²) in [5.74, 6) is 0. The van der Waals surface area contributed by atoms with Crippen LogP contribution in [0.25, 0.3) is 0 Å². The second kappa shape index (κ2) is 5.46. The smallest absolute Gasteiger partial charge is 0.0285 e. The lowest BCUT2D eigenvalue weighted by Crippen LogP contribution is -2.31. The van der Waals surface area contributed by atoms with Crippen LogP contribution in [0.3, 0.4) is 0 Å². The van der Waals surface area contributed by atoms with E-state index in [1.807, 2.05) is 11.3 Å². The zero-order valence-electron chi connectivity index (χ0n) is 9.93. The van der Waals surface area contributed by atoms with Crippen molar-refractivity contribution in [3.63, 3.8) is 0 Å². The second-order valence-electron chi connectivity index (χ2n) is 5.19. The molecule has 0 aliphatic rings. The summed E-state index contributed by atoms with van der Waals surface area (Å²) in [6.45, 7) is 6.88. The third-order valence-electron chi connectivity index (χ3n) is 2.34. The molecule has 1 aromatic heterocycles. The minimum atomic E-state index is 0.391. The standard InChI is InChI=1S/C12H20BrNS/c1-12(2,3)7-10(14-4)6-11-5-9(13)8-15-11/h5,8,10,14H,6-7H2,1-4H3. The molecule has 1 heterocycles. The van der Waals surface area contributed by atoms with E-state index < -0.39 is 0 Å². The number of hydrogen-bond donors (Lipinski definition) is 1. The Morgan fingerprint density at radius 1 is 1.47 bits per heavy atom. The van der Waals surface area contributed by atoms with Gasteiger partial charge < -0.3 is 5.32 Å². The predicted octanol–water partition coefficient (Wildman–Crippen LogP) is 4.08. The van der Waals surface area contributed by atoms with Crippen molar-refractivity contribution in [3.05, 3.63) is 20.8 Å². The summed E-state index contributed by atoms with van der Waals surface area (Å²) >= 11 is 5.33. The molecule has 1 N–H and O–H groups in total. The monoisotopic (exact) mass is 289 g/mol. The summed E-state index contributed by atoms with van der Waals surface area (Å²) in [5.41, 5.74) is 0.391. The topological polar surface area (TPSA) is 12.0 Å². The molecule has 0 aliphatic carbocycles. The largest absolute Gasteiger partial charge is 0.317 e. The highest BCUT2D eigenvalue weighted by Gasteiger charge is 2.18. The fourth-order valence-electron chi connectivity index (χ4n) is 1.72. The number of hydrogen-bond acceptors (Lipinski definition) is 2. The van der Waals surface area contributed by atoms with Crippen LogP contribution in [-0.2, 0) is 6.42 Å². The van der Waals surface area contributed by atoms with Crippen molar-refractivity contribution in [1.82, 2.24) is 5.32 Å². The van der Waals surface area contributed by atoms with Crippen LogP contribution in [0.5, 0.6) is 0 Å². The van der Waals surface area contributed by atoms with E-state index in [-0.39, 0.29) is 0 Å². The van der Waals surface area contributed by atoms with Gasteiger partial charge in [-0.25, -0.2) is 0 Å². The molecule has 1 aromatic rings. The van der Waals surface area contributed by atoms with Gasteiger partial charge in [0.2, 0.25) is 0 Å². The van der Waals surface area contributed by atoms with E-state index >= 15 is 0 Å². The van der Waals surface area contributed by atoms with Crippen LogP contribution in [0, 0.1) is 5.41 Å². The lowest BCUT2D eigenvalue weighted by atomic mass is 9.87. The van der Waals surface area contributed by atoms with Crippen LogP contribution in [0.2, 0.25) is 0 Å². The molecule has 0 saturated carbocycles. The van der Waals surface area contributed by atoms with Gasteiger partial charge in [0, 0.05) is 20.8 Å². The molecular formula is C12H20BrNS. The summed E-state index contributed by atoms with van der Waals surface area (Å²) in [7, 11) is 2.05. The second-order valence-corrected chi connectivity index (χ2v) is 7.10. The van der Waals surface area contributed by atoms with Gasteiger partial charge in [-0.05, 0) is 47.3 Å². The molecule has 86 valence electrons. The Hall–Kier alpha value is 0.140. The molecule has 0 aliphatic heterocycles. The Bertz CT molecular complexity index is 301. The first-order valence-electron chi connectivity index (χ1n) is 5.31. The Kier molecular flexibility index (Phi) is 4.81. The van der Waals surface area contributed by atoms with Crippen LogP contribution in [0.1, 0.15) is 32.1 Å². The summed E-state index contributed by atoms with van der Waals surface area (Å²) in [5, 5.41) is 5.56. The van der Waals surface area contributed by atoms with Gasteiger partial charge in [-0.1, -0.05) is 20.8 Å². The van der Waals surface area contributed by atoms with E-state index in [0.29, 0.717) is 11.5 Å². The van der Waals surface area contributed by atoms with Crippen molar-refractivity contribution in [2.24, 2.45) is 5.41 Å². The van der Waals surface area contributed by atoms with E-state index in [0.717, 1.165) is 6.42 Å². The molecule has 1 unspecified atom stereocenters. The average Bonchev–Trinajstić information content (AvgIpc) is 2.47. The van der Waals surface area contributed by atoms with Crippen molar-refractivity contribution in [3.8, 4) is 0 Å².